The van der Waals surface area contributed by atoms with Crippen LogP contribution in [0.25, 0.3) is 5.69 Å². The van der Waals surface area contributed by atoms with Crippen molar-refractivity contribution in [1.29, 1.82) is 0 Å². The number of hydrogen-bond acceptors (Lipinski definition) is 5. The van der Waals surface area contributed by atoms with Crippen molar-refractivity contribution in [3.8, 4) is 23.1 Å². The van der Waals surface area contributed by atoms with Gasteiger partial charge in [0.1, 0.15) is 11.5 Å². The first kappa shape index (κ1) is 27.8. The number of nitrogens with one attached hydrogen (secondary N) is 1. The molecule has 2 saturated carbocycles. The number of aromatic nitrogens is 2. The number of carbonyl (C=O) groups is 1. The average molecular weight is 572 g/mol. The molecule has 5 rings (SSSR count). The molecule has 3 aromatic rings. The first-order chi connectivity index (χ1) is 18.9. The number of benzene rings is 2. The van der Waals surface area contributed by atoms with E-state index < -0.39 is 0 Å². The number of ether oxygens (including phenoxy) is 2. The van der Waals surface area contributed by atoms with E-state index in [1.54, 1.807) is 22.9 Å². The number of hydrogen-bond donors (Lipinski definition) is 1. The van der Waals surface area contributed by atoms with E-state index >= 15 is 0 Å². The normalized spacial score (nSPS) is 20.0. The maximum atomic E-state index is 13.8. The second-order valence-corrected chi connectivity index (χ2v) is 11.2. The highest BCUT2D eigenvalue weighted by molar-refractivity contribution is 6.35. The topological polar surface area (TPSA) is 68.6 Å². The lowest BCUT2D eigenvalue weighted by molar-refractivity contribution is 0.0915. The Labute approximate surface area is 240 Å². The van der Waals surface area contributed by atoms with Gasteiger partial charge in [0.15, 0.2) is 5.69 Å². The molecular formula is C30H36Cl2N4O3. The monoisotopic (exact) mass is 570 g/mol. The summed E-state index contributed by atoms with van der Waals surface area (Å²) in [5, 5.41) is 9.09. The Bertz CT molecular complexity index is 1310. The minimum atomic E-state index is -0.171. The third-order valence-electron chi connectivity index (χ3n) is 7.97. The molecule has 1 N–H and O–H groups in total. The van der Waals surface area contributed by atoms with Crippen LogP contribution in [-0.2, 0) is 6.54 Å². The summed E-state index contributed by atoms with van der Waals surface area (Å²) in [6, 6.07) is 12.8. The molecule has 1 aromatic heterocycles. The zero-order valence-corrected chi connectivity index (χ0v) is 24.3. The third kappa shape index (κ3) is 6.06. The molecule has 2 aliphatic carbocycles. The van der Waals surface area contributed by atoms with Crippen LogP contribution in [0.3, 0.4) is 0 Å². The molecule has 39 heavy (non-hydrogen) atoms. The molecule has 9 heteroatoms. The maximum Gasteiger partial charge on any atom is 0.272 e. The van der Waals surface area contributed by atoms with Gasteiger partial charge in [-0.1, -0.05) is 43.5 Å². The summed E-state index contributed by atoms with van der Waals surface area (Å²) in [6.45, 7) is 8.87. The van der Waals surface area contributed by atoms with E-state index in [2.05, 4.69) is 24.1 Å². The summed E-state index contributed by atoms with van der Waals surface area (Å²) < 4.78 is 13.7. The van der Waals surface area contributed by atoms with Gasteiger partial charge in [-0.15, -0.1) is 0 Å². The van der Waals surface area contributed by atoms with Gasteiger partial charge >= 0.3 is 0 Å². The number of halogens is 2. The highest BCUT2D eigenvalue weighted by Crippen LogP contribution is 2.44. The van der Waals surface area contributed by atoms with Crippen molar-refractivity contribution in [2.75, 3.05) is 19.7 Å². The summed E-state index contributed by atoms with van der Waals surface area (Å²) >= 11 is 12.9. The summed E-state index contributed by atoms with van der Waals surface area (Å²) in [5.41, 5.74) is 1.66. The molecule has 2 fully saturated rings. The fraction of sp³-hybridized carbons (Fsp3) is 0.467. The quantitative estimate of drug-likeness (QED) is 0.265. The first-order valence-electron chi connectivity index (χ1n) is 13.9. The van der Waals surface area contributed by atoms with E-state index in [1.807, 2.05) is 31.2 Å². The number of rotatable bonds is 11. The van der Waals surface area contributed by atoms with Crippen LogP contribution >= 0.6 is 23.2 Å². The molecule has 1 amide bonds. The van der Waals surface area contributed by atoms with E-state index in [0.29, 0.717) is 52.1 Å². The van der Waals surface area contributed by atoms with Gasteiger partial charge in [-0.3, -0.25) is 9.69 Å². The predicted octanol–water partition coefficient (Wildman–Crippen LogP) is 7.13. The van der Waals surface area contributed by atoms with Crippen LogP contribution in [0.2, 0.25) is 10.0 Å². The molecule has 3 unspecified atom stereocenters. The molecule has 0 aliphatic heterocycles. The second kappa shape index (κ2) is 12.2. The highest BCUT2D eigenvalue weighted by Gasteiger charge is 2.41. The first-order valence-corrected chi connectivity index (χ1v) is 14.7. The summed E-state index contributed by atoms with van der Waals surface area (Å²) in [4.78, 5) is 16.1. The van der Waals surface area contributed by atoms with Crippen molar-refractivity contribution in [2.24, 2.45) is 11.8 Å². The van der Waals surface area contributed by atoms with Crippen molar-refractivity contribution in [2.45, 2.75) is 59.0 Å². The van der Waals surface area contributed by atoms with Gasteiger partial charge in [0.05, 0.1) is 22.9 Å². The van der Waals surface area contributed by atoms with Crippen LogP contribution in [-0.4, -0.2) is 46.3 Å². The fourth-order valence-electron chi connectivity index (χ4n) is 5.89. The van der Waals surface area contributed by atoms with Crippen LogP contribution in [0.4, 0.5) is 0 Å². The molecule has 1 heterocycles. The lowest BCUT2D eigenvalue weighted by Gasteiger charge is -2.23. The zero-order chi connectivity index (χ0) is 27.5. The Morgan fingerprint density at radius 3 is 2.41 bits per heavy atom. The highest BCUT2D eigenvalue weighted by atomic mass is 35.5. The molecule has 2 aliphatic rings. The van der Waals surface area contributed by atoms with Gasteiger partial charge in [0.25, 0.3) is 5.91 Å². The van der Waals surface area contributed by atoms with Crippen molar-refractivity contribution >= 4 is 29.1 Å². The van der Waals surface area contributed by atoms with E-state index in [-0.39, 0.29) is 11.9 Å². The van der Waals surface area contributed by atoms with Gasteiger partial charge in [0.2, 0.25) is 5.88 Å². The number of fused-ring (bicyclic) bond motifs is 2. The maximum absolute atomic E-state index is 13.8. The van der Waals surface area contributed by atoms with Crippen molar-refractivity contribution in [1.82, 2.24) is 20.0 Å². The number of nitrogens with zero attached hydrogens (tertiary/aromatic N) is 3. The van der Waals surface area contributed by atoms with Crippen molar-refractivity contribution < 1.29 is 14.3 Å². The SMILES string of the molecule is CCOc1ccc(Oc2c(CN(CC)CC)c(C(=O)NC3CC4CCC3C4)nn2-c2ccc(Cl)cc2Cl)cc1. The minimum Gasteiger partial charge on any atom is -0.494 e. The molecule has 2 bridgehead atoms. The van der Waals surface area contributed by atoms with E-state index in [9.17, 15) is 4.79 Å². The molecule has 0 saturated heterocycles. The Hall–Kier alpha value is -2.74. The molecule has 208 valence electrons. The van der Waals surface area contributed by atoms with Crippen LogP contribution in [0.5, 0.6) is 17.4 Å². The average Bonchev–Trinajstić information content (AvgIpc) is 3.64. The van der Waals surface area contributed by atoms with Crippen LogP contribution in [0.1, 0.15) is 62.5 Å². The summed E-state index contributed by atoms with van der Waals surface area (Å²) in [5.74, 6) is 2.92. The van der Waals surface area contributed by atoms with Crippen LogP contribution < -0.4 is 14.8 Å². The molecule has 3 atom stereocenters. The third-order valence-corrected chi connectivity index (χ3v) is 8.51. The smallest absolute Gasteiger partial charge is 0.272 e. The van der Waals surface area contributed by atoms with Gasteiger partial charge in [-0.05, 0) is 93.6 Å². The van der Waals surface area contributed by atoms with E-state index in [4.69, 9.17) is 37.8 Å². The largest absolute Gasteiger partial charge is 0.494 e. The van der Waals surface area contributed by atoms with Gasteiger partial charge in [-0.2, -0.15) is 9.78 Å². The molecule has 0 radical (unpaired) electrons. The lowest BCUT2D eigenvalue weighted by atomic mass is 9.95. The van der Waals surface area contributed by atoms with Gasteiger partial charge < -0.3 is 14.8 Å². The second-order valence-electron chi connectivity index (χ2n) is 10.4. The Kier molecular flexibility index (Phi) is 8.70. The predicted molar refractivity (Wildman–Crippen MR) is 155 cm³/mol. The Morgan fingerprint density at radius 2 is 1.79 bits per heavy atom. The van der Waals surface area contributed by atoms with Crippen LogP contribution in [0, 0.1) is 11.8 Å². The summed E-state index contributed by atoms with van der Waals surface area (Å²) in [7, 11) is 0. The zero-order valence-electron chi connectivity index (χ0n) is 22.8. The van der Waals surface area contributed by atoms with Crippen molar-refractivity contribution in [3.05, 3.63) is 63.8 Å². The Morgan fingerprint density at radius 1 is 1.05 bits per heavy atom. The fourth-order valence-corrected chi connectivity index (χ4v) is 6.38. The molecule has 0 spiro atoms. The lowest BCUT2D eigenvalue weighted by Crippen LogP contribution is -2.39. The number of amides is 1. The minimum absolute atomic E-state index is 0.171. The van der Waals surface area contributed by atoms with Gasteiger partial charge in [0, 0.05) is 17.6 Å². The summed E-state index contributed by atoms with van der Waals surface area (Å²) in [6.07, 6.45) is 4.70. The standard InChI is InChI=1S/C30H36Cl2N4O3/c1-4-35(5-2)18-24-28(29(37)33-26-16-19-7-8-20(26)15-19)34-36(27-14-9-21(31)17-25(27)32)30(24)39-23-12-10-22(11-13-23)38-6-3/h9-14,17,19-20,26H,4-8,15-16,18H2,1-3H3,(H,33,37). The Balaban J connectivity index is 1.58. The molecule has 2 aromatic carbocycles. The van der Waals surface area contributed by atoms with Gasteiger partial charge in [-0.25, -0.2) is 0 Å². The molecular weight excluding hydrogens is 535 g/mol. The van der Waals surface area contributed by atoms with Crippen LogP contribution in [0.15, 0.2) is 42.5 Å². The van der Waals surface area contributed by atoms with E-state index in [0.717, 1.165) is 36.7 Å². The van der Waals surface area contributed by atoms with Crippen molar-refractivity contribution in [3.63, 3.8) is 0 Å². The molecule has 7 nitrogen and oxygen atoms in total. The number of carbonyl (C=O) groups excluding carboxylic acids is 1. The van der Waals surface area contributed by atoms with E-state index in [1.165, 1.54) is 19.3 Å².